The molecule has 0 aromatic carbocycles. The van der Waals surface area contributed by atoms with E-state index in [-0.39, 0.29) is 39.5 Å². The summed E-state index contributed by atoms with van der Waals surface area (Å²) < 4.78 is 0. The van der Waals surface area contributed by atoms with Crippen LogP contribution < -0.4 is 10.2 Å². The molecule has 0 amide bonds. The molecule has 0 spiro atoms. The van der Waals surface area contributed by atoms with E-state index in [1.807, 2.05) is 0 Å². The number of aliphatic carboxylic acids is 2. The van der Waals surface area contributed by atoms with E-state index in [4.69, 9.17) is 19.8 Å². The van der Waals surface area contributed by atoms with Gasteiger partial charge in [0.05, 0.1) is 11.9 Å². The quantitative estimate of drug-likeness (QED) is 0.273. The molecule has 0 aromatic rings. The topological polar surface area (TPSA) is 80.3 Å². The second-order valence-corrected chi connectivity index (χ2v) is 0.575. The number of rotatable bonds is 0. The Hall–Kier alpha value is 0.200. The number of carboxylic acids is 2. The number of hydrogen-bond acceptors (Lipinski definition) is 4. The standard InChI is InChI=1S/C2H2O4.Mg.Ni.2H/c3-1(4)2(5)6;;;;/h(H,3,4)(H,5,6);;;;/q;;+2;;/p-2. The molecule has 0 aromatic heterocycles. The maximum atomic E-state index is 8.93. The number of carbonyl (C=O) groups excluding carboxylic acids is 2. The molecule has 0 unspecified atom stereocenters. The molecule has 0 atom stereocenters. The summed E-state index contributed by atoms with van der Waals surface area (Å²) >= 11 is 0. The summed E-state index contributed by atoms with van der Waals surface area (Å²) in [6, 6.07) is 0. The van der Waals surface area contributed by atoms with Crippen molar-refractivity contribution in [1.82, 2.24) is 0 Å². The summed E-state index contributed by atoms with van der Waals surface area (Å²) in [5, 5.41) is 17.9. The normalized spacial score (nSPS) is 5.50. The van der Waals surface area contributed by atoms with E-state index >= 15 is 0 Å². The molecular formula is C2H2MgNiO4. The fourth-order valence-electron chi connectivity index (χ4n) is 0. The molecule has 0 heterocycles. The van der Waals surface area contributed by atoms with Gasteiger partial charge in [-0.25, -0.2) is 0 Å². The van der Waals surface area contributed by atoms with Crippen LogP contribution in [0.5, 0.6) is 0 Å². The summed E-state index contributed by atoms with van der Waals surface area (Å²) in [5.74, 6) is -4.37. The van der Waals surface area contributed by atoms with Crippen molar-refractivity contribution in [2.24, 2.45) is 0 Å². The first-order valence-corrected chi connectivity index (χ1v) is 1.07. The van der Waals surface area contributed by atoms with Gasteiger partial charge >= 0.3 is 39.5 Å². The van der Waals surface area contributed by atoms with Crippen molar-refractivity contribution in [3.05, 3.63) is 0 Å². The zero-order valence-electron chi connectivity index (χ0n) is 2.95. The molecule has 0 saturated carbocycles. The summed E-state index contributed by atoms with van der Waals surface area (Å²) in [7, 11) is 0. The average molecular weight is 173 g/mol. The largest absolute Gasteiger partial charge is 2.00 e. The first-order valence-electron chi connectivity index (χ1n) is 1.07. The molecule has 0 aliphatic heterocycles. The summed E-state index contributed by atoms with van der Waals surface area (Å²) in [5.41, 5.74) is 0. The molecule has 6 heteroatoms. The molecule has 0 radical (unpaired) electrons. The van der Waals surface area contributed by atoms with Crippen LogP contribution in [0.2, 0.25) is 0 Å². The zero-order chi connectivity index (χ0) is 5.15. The van der Waals surface area contributed by atoms with E-state index in [9.17, 15) is 0 Å². The van der Waals surface area contributed by atoms with Crippen LogP contribution in [0.1, 0.15) is 0 Å². The van der Waals surface area contributed by atoms with Crippen LogP contribution in [-0.2, 0) is 26.1 Å². The van der Waals surface area contributed by atoms with Crippen LogP contribution in [0.4, 0.5) is 0 Å². The number of carbonyl (C=O) groups is 2. The first-order chi connectivity index (χ1) is 2.64. The molecule has 8 heavy (non-hydrogen) atoms. The third-order valence-electron chi connectivity index (χ3n) is 0.167. The van der Waals surface area contributed by atoms with Crippen molar-refractivity contribution in [3.63, 3.8) is 0 Å². The maximum absolute atomic E-state index is 8.93. The van der Waals surface area contributed by atoms with Gasteiger partial charge in [0.1, 0.15) is 0 Å². The summed E-state index contributed by atoms with van der Waals surface area (Å²) in [6.07, 6.45) is 0. The molecule has 0 aliphatic rings. The third-order valence-corrected chi connectivity index (χ3v) is 0.167. The van der Waals surface area contributed by atoms with E-state index in [1.165, 1.54) is 0 Å². The number of carboxylic acid groups (broad SMARTS) is 2. The third kappa shape index (κ3) is 9.50. The predicted octanol–water partition coefficient (Wildman–Crippen LogP) is -4.43. The van der Waals surface area contributed by atoms with E-state index in [0.717, 1.165) is 0 Å². The molecule has 0 N–H and O–H groups in total. The van der Waals surface area contributed by atoms with Gasteiger partial charge in [-0.2, -0.15) is 0 Å². The van der Waals surface area contributed by atoms with Gasteiger partial charge in [0.2, 0.25) is 0 Å². The van der Waals surface area contributed by atoms with E-state index in [1.54, 1.807) is 0 Å². The van der Waals surface area contributed by atoms with Crippen LogP contribution in [-0.4, -0.2) is 35.0 Å². The smallest absolute Gasteiger partial charge is 0.543 e. The monoisotopic (exact) mass is 172 g/mol. The van der Waals surface area contributed by atoms with Crippen LogP contribution in [0.3, 0.4) is 0 Å². The number of hydrogen-bond donors (Lipinski definition) is 0. The Bertz CT molecular complexity index is 80.0. The molecule has 0 aliphatic carbocycles. The summed E-state index contributed by atoms with van der Waals surface area (Å²) in [4.78, 5) is 17.9. The van der Waals surface area contributed by atoms with Gasteiger partial charge in [-0.15, -0.1) is 0 Å². The minimum absolute atomic E-state index is 0. The molecule has 0 fully saturated rings. The Balaban J connectivity index is -0.000000125. The van der Waals surface area contributed by atoms with Gasteiger partial charge in [0.15, 0.2) is 0 Å². The van der Waals surface area contributed by atoms with Crippen LogP contribution in [0.25, 0.3) is 0 Å². The Morgan fingerprint density at radius 3 is 1.12 bits per heavy atom. The van der Waals surface area contributed by atoms with Gasteiger partial charge < -0.3 is 19.8 Å². The van der Waals surface area contributed by atoms with Gasteiger partial charge in [0, 0.05) is 0 Å². The maximum Gasteiger partial charge on any atom is 2.00 e. The fourth-order valence-corrected chi connectivity index (χ4v) is 0. The van der Waals surface area contributed by atoms with Gasteiger partial charge in [-0.05, 0) is 0 Å². The van der Waals surface area contributed by atoms with Gasteiger partial charge in [-0.1, -0.05) is 0 Å². The van der Waals surface area contributed by atoms with Crippen LogP contribution in [0.15, 0.2) is 0 Å². The predicted molar refractivity (Wildman–Crippen MR) is 18.6 cm³/mol. The molecular weight excluding hydrogens is 171 g/mol. The van der Waals surface area contributed by atoms with E-state index in [0.29, 0.717) is 0 Å². The zero-order valence-corrected chi connectivity index (χ0v) is 3.94. The van der Waals surface area contributed by atoms with Crippen molar-refractivity contribution in [3.8, 4) is 0 Å². The molecule has 46 valence electrons. The van der Waals surface area contributed by atoms with Crippen molar-refractivity contribution < 1.29 is 36.3 Å². The molecule has 0 saturated heterocycles. The summed E-state index contributed by atoms with van der Waals surface area (Å²) in [6.45, 7) is 0. The van der Waals surface area contributed by atoms with E-state index in [2.05, 4.69) is 0 Å². The molecule has 4 nitrogen and oxygen atoms in total. The SMILES string of the molecule is O=C([O-])C(=O)[O-].[MgH2].[Ni+2]. The second-order valence-electron chi connectivity index (χ2n) is 0.575. The van der Waals surface area contributed by atoms with Gasteiger partial charge in [-0.3, -0.25) is 0 Å². The van der Waals surface area contributed by atoms with Crippen molar-refractivity contribution in [2.75, 3.05) is 0 Å². The molecule has 0 rings (SSSR count). The first kappa shape index (κ1) is 15.7. The van der Waals surface area contributed by atoms with Crippen LogP contribution in [0, 0.1) is 0 Å². The fraction of sp³-hybridized carbons (Fsp3) is 0. The van der Waals surface area contributed by atoms with Crippen molar-refractivity contribution in [2.45, 2.75) is 0 Å². The Kier molecular flexibility index (Phi) is 14.1. The Labute approximate surface area is 71.3 Å². The van der Waals surface area contributed by atoms with Crippen molar-refractivity contribution >= 4 is 35.0 Å². The Morgan fingerprint density at radius 1 is 1.00 bits per heavy atom. The van der Waals surface area contributed by atoms with Gasteiger partial charge in [0.25, 0.3) is 0 Å². The van der Waals surface area contributed by atoms with E-state index < -0.39 is 11.9 Å². The van der Waals surface area contributed by atoms with Crippen molar-refractivity contribution in [1.29, 1.82) is 0 Å². The Morgan fingerprint density at radius 2 is 1.12 bits per heavy atom. The second kappa shape index (κ2) is 7.20. The molecule has 0 bridgehead atoms. The average Bonchev–Trinajstić information content (AvgIpc) is 1.36. The van der Waals surface area contributed by atoms with Crippen LogP contribution >= 0.6 is 0 Å². The minimum Gasteiger partial charge on any atom is -0.543 e. The minimum atomic E-state index is -2.19.